The van der Waals surface area contributed by atoms with Crippen LogP contribution in [0.15, 0.2) is 36.4 Å². The van der Waals surface area contributed by atoms with Crippen molar-refractivity contribution in [3.63, 3.8) is 0 Å². The lowest BCUT2D eigenvalue weighted by atomic mass is 10.1. The predicted octanol–water partition coefficient (Wildman–Crippen LogP) is 5.87. The van der Waals surface area contributed by atoms with Crippen LogP contribution in [0.1, 0.15) is 71.1 Å². The molecule has 0 saturated heterocycles. The van der Waals surface area contributed by atoms with Crippen LogP contribution in [0.25, 0.3) is 10.8 Å². The monoisotopic (exact) mass is 402 g/mol. The molecule has 0 aliphatic heterocycles. The molecular weight excluding hydrogens is 364 g/mol. The third-order valence-corrected chi connectivity index (χ3v) is 5.20. The Balaban J connectivity index is 1.65. The third-order valence-electron chi connectivity index (χ3n) is 5.20. The summed E-state index contributed by atoms with van der Waals surface area (Å²) in [5.74, 6) is 1.55. The van der Waals surface area contributed by atoms with Gasteiger partial charge in [0.15, 0.2) is 0 Å². The van der Waals surface area contributed by atoms with Crippen molar-refractivity contribution in [2.75, 3.05) is 19.8 Å². The average Bonchev–Trinajstić information content (AvgIpc) is 2.75. The Kier molecular flexibility index (Phi) is 11.5. The molecule has 0 aliphatic carbocycles. The molecule has 0 amide bonds. The van der Waals surface area contributed by atoms with Gasteiger partial charge in [-0.1, -0.05) is 76.8 Å². The molecule has 0 heterocycles. The van der Waals surface area contributed by atoms with Gasteiger partial charge in [0.1, 0.15) is 24.2 Å². The summed E-state index contributed by atoms with van der Waals surface area (Å²) < 4.78 is 11.5. The predicted molar refractivity (Wildman–Crippen MR) is 120 cm³/mol. The normalized spacial score (nSPS) is 12.2. The summed E-state index contributed by atoms with van der Waals surface area (Å²) in [5.41, 5.74) is 0. The van der Waals surface area contributed by atoms with Gasteiger partial charge in [-0.3, -0.25) is 0 Å². The van der Waals surface area contributed by atoms with E-state index in [0.29, 0.717) is 5.75 Å². The summed E-state index contributed by atoms with van der Waals surface area (Å²) in [6.07, 6.45) is 12.4. The van der Waals surface area contributed by atoms with Gasteiger partial charge in [0.2, 0.25) is 0 Å². The van der Waals surface area contributed by atoms with Gasteiger partial charge in [-0.2, -0.15) is 0 Å². The highest BCUT2D eigenvalue weighted by Crippen LogP contribution is 2.25. The van der Waals surface area contributed by atoms with E-state index in [-0.39, 0.29) is 13.2 Å². The molecule has 2 aromatic rings. The Bertz CT molecular complexity index is 686. The number of aliphatic hydroxyl groups is 2. The number of ether oxygens (including phenoxy) is 2. The lowest BCUT2D eigenvalue weighted by Crippen LogP contribution is -2.21. The number of hydrogen-bond donors (Lipinski definition) is 2. The second-order valence-corrected chi connectivity index (χ2v) is 7.85. The van der Waals surface area contributed by atoms with E-state index < -0.39 is 6.10 Å². The van der Waals surface area contributed by atoms with Crippen LogP contribution in [-0.4, -0.2) is 36.1 Å². The Morgan fingerprint density at radius 2 is 1.28 bits per heavy atom. The second kappa shape index (κ2) is 14.2. The highest BCUT2D eigenvalue weighted by atomic mass is 16.5. The first kappa shape index (κ1) is 23.5. The first-order valence-electron chi connectivity index (χ1n) is 11.3. The molecule has 162 valence electrons. The Morgan fingerprint density at radius 1 is 0.724 bits per heavy atom. The van der Waals surface area contributed by atoms with Gasteiger partial charge in [0.05, 0.1) is 13.2 Å². The molecule has 0 radical (unpaired) electrons. The smallest absolute Gasteiger partial charge is 0.120 e. The van der Waals surface area contributed by atoms with Crippen LogP contribution in [-0.2, 0) is 0 Å². The molecule has 0 aliphatic rings. The molecule has 4 heteroatoms. The van der Waals surface area contributed by atoms with E-state index in [1.807, 2.05) is 30.3 Å². The highest BCUT2D eigenvalue weighted by molar-refractivity contribution is 5.85. The van der Waals surface area contributed by atoms with Crippen LogP contribution >= 0.6 is 0 Å². The first-order valence-corrected chi connectivity index (χ1v) is 11.3. The highest BCUT2D eigenvalue weighted by Gasteiger charge is 2.05. The van der Waals surface area contributed by atoms with Crippen molar-refractivity contribution in [1.29, 1.82) is 0 Å². The van der Waals surface area contributed by atoms with Crippen molar-refractivity contribution in [2.24, 2.45) is 0 Å². The minimum Gasteiger partial charge on any atom is -0.494 e. The minimum atomic E-state index is -0.860. The van der Waals surface area contributed by atoms with Crippen molar-refractivity contribution < 1.29 is 19.7 Å². The van der Waals surface area contributed by atoms with Crippen LogP contribution in [0.4, 0.5) is 0 Å². The third kappa shape index (κ3) is 9.51. The molecule has 0 aromatic heterocycles. The lowest BCUT2D eigenvalue weighted by molar-refractivity contribution is 0.0536. The summed E-state index contributed by atoms with van der Waals surface area (Å²) in [7, 11) is 0. The van der Waals surface area contributed by atoms with E-state index in [2.05, 4.69) is 13.0 Å². The molecule has 2 N–H and O–H groups in total. The summed E-state index contributed by atoms with van der Waals surface area (Å²) in [6.45, 7) is 2.79. The van der Waals surface area contributed by atoms with Crippen molar-refractivity contribution in [1.82, 2.24) is 0 Å². The van der Waals surface area contributed by atoms with Crippen molar-refractivity contribution >= 4 is 10.8 Å². The van der Waals surface area contributed by atoms with Gasteiger partial charge in [-0.05, 0) is 41.5 Å². The fourth-order valence-corrected chi connectivity index (χ4v) is 3.41. The lowest BCUT2D eigenvalue weighted by Gasteiger charge is -2.11. The Hall–Kier alpha value is -1.78. The van der Waals surface area contributed by atoms with Gasteiger partial charge in [0, 0.05) is 0 Å². The molecule has 1 unspecified atom stereocenters. The fourth-order valence-electron chi connectivity index (χ4n) is 3.41. The Labute approximate surface area is 175 Å². The maximum Gasteiger partial charge on any atom is 0.120 e. The molecular formula is C25H38O4. The summed E-state index contributed by atoms with van der Waals surface area (Å²) in [4.78, 5) is 0. The van der Waals surface area contributed by atoms with E-state index in [1.165, 1.54) is 57.8 Å². The van der Waals surface area contributed by atoms with Crippen LogP contribution in [0.5, 0.6) is 11.5 Å². The van der Waals surface area contributed by atoms with Crippen LogP contribution in [0.3, 0.4) is 0 Å². The zero-order valence-electron chi connectivity index (χ0n) is 17.9. The molecule has 0 saturated carbocycles. The number of hydrogen-bond acceptors (Lipinski definition) is 4. The number of rotatable bonds is 16. The second-order valence-electron chi connectivity index (χ2n) is 7.85. The summed E-state index contributed by atoms with van der Waals surface area (Å²) in [5, 5.41) is 20.5. The quantitative estimate of drug-likeness (QED) is 0.345. The van der Waals surface area contributed by atoms with E-state index in [4.69, 9.17) is 14.6 Å². The maximum atomic E-state index is 9.41. The van der Waals surface area contributed by atoms with Crippen LogP contribution in [0.2, 0.25) is 0 Å². The Morgan fingerprint density at radius 3 is 1.86 bits per heavy atom. The molecule has 2 rings (SSSR count). The van der Waals surface area contributed by atoms with Gasteiger partial charge in [-0.25, -0.2) is 0 Å². The van der Waals surface area contributed by atoms with Gasteiger partial charge in [-0.15, -0.1) is 0 Å². The molecule has 2 aromatic carbocycles. The van der Waals surface area contributed by atoms with Gasteiger partial charge >= 0.3 is 0 Å². The van der Waals surface area contributed by atoms with E-state index in [9.17, 15) is 5.11 Å². The van der Waals surface area contributed by atoms with Crippen LogP contribution in [0, 0.1) is 0 Å². The van der Waals surface area contributed by atoms with Crippen molar-refractivity contribution in [2.45, 2.75) is 77.2 Å². The number of aliphatic hydroxyl groups excluding tert-OH is 2. The summed E-state index contributed by atoms with van der Waals surface area (Å²) >= 11 is 0. The largest absolute Gasteiger partial charge is 0.494 e. The number of benzene rings is 2. The van der Waals surface area contributed by atoms with E-state index >= 15 is 0 Å². The molecule has 0 spiro atoms. The van der Waals surface area contributed by atoms with Crippen molar-refractivity contribution in [3.8, 4) is 11.5 Å². The van der Waals surface area contributed by atoms with Gasteiger partial charge in [0.25, 0.3) is 0 Å². The van der Waals surface area contributed by atoms with E-state index in [1.54, 1.807) is 0 Å². The molecule has 4 nitrogen and oxygen atoms in total. The molecule has 0 bridgehead atoms. The van der Waals surface area contributed by atoms with Crippen LogP contribution < -0.4 is 9.47 Å². The standard InChI is InChI=1S/C25H38O4/c1-2-3-4-5-6-7-8-9-10-11-16-28-24-14-12-21-13-15-25(18-22(21)17-24)29-20-23(27)19-26/h12-15,17-18,23,26-27H,2-11,16,19-20H2,1H3. The first-order chi connectivity index (χ1) is 14.2. The minimum absolute atomic E-state index is 0.0803. The van der Waals surface area contributed by atoms with Gasteiger partial charge < -0.3 is 19.7 Å². The average molecular weight is 403 g/mol. The maximum absolute atomic E-state index is 9.41. The molecule has 0 fully saturated rings. The van der Waals surface area contributed by atoms with Crippen molar-refractivity contribution in [3.05, 3.63) is 36.4 Å². The number of unbranched alkanes of at least 4 members (excludes halogenated alkanes) is 9. The van der Waals surface area contributed by atoms with E-state index in [0.717, 1.165) is 29.5 Å². The number of fused-ring (bicyclic) bond motifs is 1. The topological polar surface area (TPSA) is 58.9 Å². The zero-order chi connectivity index (χ0) is 20.7. The summed E-state index contributed by atoms with van der Waals surface area (Å²) in [6, 6.07) is 11.9. The molecule has 1 atom stereocenters. The zero-order valence-corrected chi connectivity index (χ0v) is 17.9. The SMILES string of the molecule is CCCCCCCCCCCCOc1ccc2ccc(OCC(O)CO)cc2c1. The fraction of sp³-hybridized carbons (Fsp3) is 0.600. The molecule has 29 heavy (non-hydrogen) atoms.